The molecule has 0 aliphatic heterocycles. The Morgan fingerprint density at radius 3 is 2.50 bits per heavy atom. The smallest absolute Gasteiger partial charge is 0.396 e. The maximum Gasteiger partial charge on any atom is 0.573 e. The highest BCUT2D eigenvalue weighted by Crippen LogP contribution is 2.34. The first-order valence-corrected chi connectivity index (χ1v) is 4.61. The Balaban J connectivity index is 3.41. The highest BCUT2D eigenvalue weighted by Gasteiger charge is 2.36. The van der Waals surface area contributed by atoms with Crippen molar-refractivity contribution >= 4 is 22.5 Å². The van der Waals surface area contributed by atoms with Crippen LogP contribution in [0.3, 0.4) is 0 Å². The number of ether oxygens (including phenoxy) is 1. The van der Waals surface area contributed by atoms with Crippen molar-refractivity contribution < 1.29 is 27.6 Å². The van der Waals surface area contributed by atoms with E-state index in [2.05, 4.69) is 9.72 Å². The van der Waals surface area contributed by atoms with Crippen molar-refractivity contribution in [1.29, 1.82) is 0 Å². The van der Waals surface area contributed by atoms with Gasteiger partial charge in [-0.2, -0.15) is 0 Å². The van der Waals surface area contributed by atoms with Crippen LogP contribution in [-0.2, 0) is 0 Å². The molecule has 98 valence electrons. The number of alkyl halides is 3. The largest absolute Gasteiger partial charge is 0.573 e. The standard InChI is InChI=1S/C8H4ClF3N2O4/c1-3-6(18-8(10,11)12)5(14(16)17)2-4(13-3)7(9)15/h2H,1H3. The topological polar surface area (TPSA) is 82.3 Å². The molecule has 0 radical (unpaired) electrons. The summed E-state index contributed by atoms with van der Waals surface area (Å²) in [5, 5.41) is 9.49. The lowest BCUT2D eigenvalue weighted by molar-refractivity contribution is -0.388. The van der Waals surface area contributed by atoms with E-state index in [0.717, 1.165) is 6.92 Å². The number of hydrogen-bond donors (Lipinski definition) is 0. The third-order valence-electron chi connectivity index (χ3n) is 1.74. The van der Waals surface area contributed by atoms with Gasteiger partial charge in [0.2, 0.25) is 5.75 Å². The first kappa shape index (κ1) is 14.2. The summed E-state index contributed by atoms with van der Waals surface area (Å²) in [4.78, 5) is 23.7. The molecule has 0 spiro atoms. The number of rotatable bonds is 3. The molecule has 0 saturated carbocycles. The van der Waals surface area contributed by atoms with E-state index in [1.165, 1.54) is 0 Å². The van der Waals surface area contributed by atoms with Crippen molar-refractivity contribution in [2.75, 3.05) is 0 Å². The van der Waals surface area contributed by atoms with Crippen LogP contribution >= 0.6 is 11.6 Å². The van der Waals surface area contributed by atoms with Crippen molar-refractivity contribution in [1.82, 2.24) is 4.98 Å². The van der Waals surface area contributed by atoms with Gasteiger partial charge >= 0.3 is 12.0 Å². The number of halogens is 4. The van der Waals surface area contributed by atoms with Gasteiger partial charge in [0, 0.05) is 0 Å². The Hall–Kier alpha value is -1.90. The minimum Gasteiger partial charge on any atom is -0.396 e. The van der Waals surface area contributed by atoms with E-state index in [9.17, 15) is 28.1 Å². The van der Waals surface area contributed by atoms with Gasteiger partial charge in [-0.25, -0.2) is 4.98 Å². The fraction of sp³-hybridized carbons (Fsp3) is 0.250. The van der Waals surface area contributed by atoms with Crippen LogP contribution < -0.4 is 4.74 Å². The highest BCUT2D eigenvalue weighted by atomic mass is 35.5. The monoisotopic (exact) mass is 284 g/mol. The molecule has 1 aromatic heterocycles. The molecule has 0 aliphatic rings. The van der Waals surface area contributed by atoms with Crippen LogP contribution in [0.4, 0.5) is 18.9 Å². The van der Waals surface area contributed by atoms with Gasteiger partial charge in [0.15, 0.2) is 0 Å². The first-order chi connectivity index (χ1) is 8.11. The van der Waals surface area contributed by atoms with Crippen LogP contribution in [0, 0.1) is 17.0 Å². The fourth-order valence-corrected chi connectivity index (χ4v) is 1.22. The molecule has 1 aromatic rings. The molecule has 10 heteroatoms. The van der Waals surface area contributed by atoms with Crippen molar-refractivity contribution in [3.05, 3.63) is 27.6 Å². The number of hydrogen-bond acceptors (Lipinski definition) is 5. The second-order valence-corrected chi connectivity index (χ2v) is 3.36. The van der Waals surface area contributed by atoms with Gasteiger partial charge in [0.05, 0.1) is 16.7 Å². The summed E-state index contributed by atoms with van der Waals surface area (Å²) in [6.45, 7) is 1.03. The van der Waals surface area contributed by atoms with Gasteiger partial charge < -0.3 is 4.74 Å². The third kappa shape index (κ3) is 3.29. The molecule has 1 rings (SSSR count). The fourth-order valence-electron chi connectivity index (χ4n) is 1.12. The van der Waals surface area contributed by atoms with Crippen molar-refractivity contribution in [2.24, 2.45) is 0 Å². The van der Waals surface area contributed by atoms with Crippen LogP contribution in [0.5, 0.6) is 5.75 Å². The van der Waals surface area contributed by atoms with E-state index in [4.69, 9.17) is 11.6 Å². The van der Waals surface area contributed by atoms with Crippen LogP contribution in [0.1, 0.15) is 16.2 Å². The Bertz CT molecular complexity index is 518. The SMILES string of the molecule is Cc1nc(C(=O)Cl)cc([N+](=O)[O-])c1OC(F)(F)F. The number of carbonyl (C=O) groups is 1. The molecular formula is C8H4ClF3N2O4. The Morgan fingerprint density at radius 1 is 1.56 bits per heavy atom. The molecule has 0 N–H and O–H groups in total. The average Bonchev–Trinajstić information content (AvgIpc) is 2.18. The van der Waals surface area contributed by atoms with Crippen LogP contribution in [0.2, 0.25) is 0 Å². The quantitative estimate of drug-likeness (QED) is 0.484. The maximum atomic E-state index is 12.1. The lowest BCUT2D eigenvalue weighted by Crippen LogP contribution is -2.19. The summed E-state index contributed by atoms with van der Waals surface area (Å²) in [6.07, 6.45) is -5.11. The zero-order valence-electron chi connectivity index (χ0n) is 8.62. The van der Waals surface area contributed by atoms with Gasteiger partial charge in [0.1, 0.15) is 5.69 Å². The van der Waals surface area contributed by atoms with E-state index in [-0.39, 0.29) is 0 Å². The summed E-state index contributed by atoms with van der Waals surface area (Å²) >= 11 is 5.05. The Labute approximate surface area is 102 Å². The molecule has 0 aromatic carbocycles. The molecular weight excluding hydrogens is 281 g/mol. The van der Waals surface area contributed by atoms with Gasteiger partial charge in [0.25, 0.3) is 5.24 Å². The second kappa shape index (κ2) is 4.77. The molecule has 0 saturated heterocycles. The molecule has 0 amide bonds. The van der Waals surface area contributed by atoms with Crippen molar-refractivity contribution in [3.8, 4) is 5.75 Å². The molecule has 0 fully saturated rings. The molecule has 0 aliphatic carbocycles. The van der Waals surface area contributed by atoms with Gasteiger partial charge in [-0.3, -0.25) is 14.9 Å². The number of aromatic nitrogens is 1. The normalized spacial score (nSPS) is 11.2. The second-order valence-electron chi connectivity index (χ2n) is 3.02. The molecule has 0 bridgehead atoms. The Kier molecular flexibility index (Phi) is 3.75. The predicted octanol–water partition coefficient (Wildman–Crippen LogP) is 2.58. The average molecular weight is 285 g/mol. The summed E-state index contributed by atoms with van der Waals surface area (Å²) in [5.41, 5.74) is -2.04. The molecule has 18 heavy (non-hydrogen) atoms. The van der Waals surface area contributed by atoms with E-state index in [1.54, 1.807) is 0 Å². The minimum absolute atomic E-state index is 0.467. The van der Waals surface area contributed by atoms with Gasteiger partial charge in [-0.05, 0) is 18.5 Å². The van der Waals surface area contributed by atoms with Crippen LogP contribution in [0.25, 0.3) is 0 Å². The van der Waals surface area contributed by atoms with E-state index in [1.807, 2.05) is 0 Å². The number of nitrogens with zero attached hydrogens (tertiary/aromatic N) is 2. The summed E-state index contributed by atoms with van der Waals surface area (Å²) in [6, 6.07) is 0.517. The highest BCUT2D eigenvalue weighted by molar-refractivity contribution is 6.67. The van der Waals surface area contributed by atoms with E-state index in [0.29, 0.717) is 6.07 Å². The molecule has 1 heterocycles. The summed E-state index contributed by atoms with van der Waals surface area (Å²) in [5.74, 6) is -1.07. The van der Waals surface area contributed by atoms with Gasteiger partial charge in [-0.1, -0.05) is 0 Å². The zero-order valence-corrected chi connectivity index (χ0v) is 9.37. The number of carbonyl (C=O) groups excluding carboxylic acids is 1. The van der Waals surface area contributed by atoms with Crippen molar-refractivity contribution in [3.63, 3.8) is 0 Å². The van der Waals surface area contributed by atoms with Crippen LogP contribution in [0.15, 0.2) is 6.07 Å². The lowest BCUT2D eigenvalue weighted by atomic mass is 10.2. The predicted molar refractivity (Wildman–Crippen MR) is 52.5 cm³/mol. The minimum atomic E-state index is -5.11. The van der Waals surface area contributed by atoms with Crippen molar-refractivity contribution in [2.45, 2.75) is 13.3 Å². The number of pyridine rings is 1. The summed E-state index contributed by atoms with van der Waals surface area (Å²) < 4.78 is 39.7. The Morgan fingerprint density at radius 2 is 2.11 bits per heavy atom. The van der Waals surface area contributed by atoms with E-state index < -0.39 is 39.4 Å². The molecule has 0 atom stereocenters. The number of nitro groups is 1. The van der Waals surface area contributed by atoms with Gasteiger partial charge in [-0.15, -0.1) is 13.2 Å². The lowest BCUT2D eigenvalue weighted by Gasteiger charge is -2.11. The summed E-state index contributed by atoms with van der Waals surface area (Å²) in [7, 11) is 0. The van der Waals surface area contributed by atoms with Crippen LogP contribution in [-0.4, -0.2) is 21.5 Å². The third-order valence-corrected chi connectivity index (χ3v) is 1.93. The number of aryl methyl sites for hydroxylation is 1. The molecule has 0 unspecified atom stereocenters. The molecule has 6 nitrogen and oxygen atoms in total. The maximum absolute atomic E-state index is 12.1. The zero-order chi connectivity index (χ0) is 14.1. The first-order valence-electron chi connectivity index (χ1n) is 4.23. The van der Waals surface area contributed by atoms with E-state index >= 15 is 0 Å².